The molecule has 1 saturated carbocycles. The zero-order valence-corrected chi connectivity index (χ0v) is 23.5. The van der Waals surface area contributed by atoms with Crippen LogP contribution in [0.4, 0.5) is 5.95 Å². The number of imidazole rings is 1. The fourth-order valence-corrected chi connectivity index (χ4v) is 5.94. The Kier molecular flexibility index (Phi) is 6.59. The van der Waals surface area contributed by atoms with E-state index < -0.39 is 5.56 Å². The third kappa shape index (κ3) is 4.56. The van der Waals surface area contributed by atoms with Gasteiger partial charge in [0.15, 0.2) is 11.2 Å². The van der Waals surface area contributed by atoms with Crippen molar-refractivity contribution in [3.05, 3.63) is 81.3 Å². The van der Waals surface area contributed by atoms with Gasteiger partial charge in [-0.1, -0.05) is 54.5 Å². The highest BCUT2D eigenvalue weighted by Crippen LogP contribution is 2.36. The number of hydrogen-bond donors (Lipinski definition) is 1. The van der Waals surface area contributed by atoms with Crippen LogP contribution in [0.15, 0.2) is 64.2 Å². The fourth-order valence-electron chi connectivity index (χ4n) is 5.94. The summed E-state index contributed by atoms with van der Waals surface area (Å²) < 4.78 is 4.82. The van der Waals surface area contributed by atoms with Gasteiger partial charge >= 0.3 is 5.69 Å². The largest absolute Gasteiger partial charge is 0.341 e. The number of anilines is 1. The molecule has 1 atom stereocenters. The number of benzene rings is 2. The van der Waals surface area contributed by atoms with Crippen LogP contribution >= 0.6 is 0 Å². The second kappa shape index (κ2) is 10.6. The average molecular weight is 561 g/mol. The van der Waals surface area contributed by atoms with E-state index in [1.54, 1.807) is 11.5 Å². The van der Waals surface area contributed by atoms with E-state index in [2.05, 4.69) is 16.7 Å². The minimum absolute atomic E-state index is 0.00123. The Balaban J connectivity index is 1.43. The SMILES string of the molecule is CC#CCn1c(N2CCC[C@@H](N)C2)nc2c1c(=O)n(Cc1nc(-c3ccccc3)c3ccccc3n1)c(=O)n2C1CC1. The number of hydrogen-bond acceptors (Lipinski definition) is 7. The maximum Gasteiger partial charge on any atom is 0.333 e. The van der Waals surface area contributed by atoms with Crippen LogP contribution < -0.4 is 21.9 Å². The van der Waals surface area contributed by atoms with Crippen LogP contribution in [0, 0.1) is 11.8 Å². The molecule has 2 aliphatic rings. The molecule has 10 heteroatoms. The summed E-state index contributed by atoms with van der Waals surface area (Å²) >= 11 is 0. The standard InChI is InChI=1S/C32H32N8O2/c1-2-3-18-38-28-29(36-31(38)37-17-9-12-22(33)19-37)40(23-15-16-23)32(42)39(30(28)41)20-26-34-25-14-8-7-13-24(25)27(35-26)21-10-5-4-6-11-21/h4-8,10-11,13-14,22-23H,9,12,15-20,33H2,1H3/t22-/m1/s1. The minimum atomic E-state index is -0.414. The van der Waals surface area contributed by atoms with Crippen LogP contribution in [0.3, 0.4) is 0 Å². The van der Waals surface area contributed by atoms with E-state index in [9.17, 15) is 9.59 Å². The summed E-state index contributed by atoms with van der Waals surface area (Å²) in [6.07, 6.45) is 3.61. The van der Waals surface area contributed by atoms with Crippen molar-refractivity contribution in [2.24, 2.45) is 5.73 Å². The molecule has 0 radical (unpaired) electrons. The van der Waals surface area contributed by atoms with Crippen LogP contribution in [0.2, 0.25) is 0 Å². The molecule has 42 heavy (non-hydrogen) atoms. The van der Waals surface area contributed by atoms with Gasteiger partial charge in [-0.15, -0.1) is 5.92 Å². The zero-order chi connectivity index (χ0) is 28.8. The van der Waals surface area contributed by atoms with Gasteiger partial charge in [0.25, 0.3) is 5.56 Å². The summed E-state index contributed by atoms with van der Waals surface area (Å²) in [6.45, 7) is 3.43. The van der Waals surface area contributed by atoms with Crippen molar-refractivity contribution >= 4 is 28.0 Å². The molecule has 3 aromatic heterocycles. The highest BCUT2D eigenvalue weighted by atomic mass is 16.2. The van der Waals surface area contributed by atoms with Crippen molar-refractivity contribution in [2.75, 3.05) is 18.0 Å². The number of nitrogens with zero attached hydrogens (tertiary/aromatic N) is 7. The Labute approximate surface area is 242 Å². The van der Waals surface area contributed by atoms with Gasteiger partial charge in [0.2, 0.25) is 5.95 Å². The summed E-state index contributed by atoms with van der Waals surface area (Å²) in [7, 11) is 0. The number of piperidine rings is 1. The molecule has 0 bridgehead atoms. The molecule has 4 heterocycles. The molecule has 1 saturated heterocycles. The van der Waals surface area contributed by atoms with Crippen LogP contribution in [0.5, 0.6) is 0 Å². The smallest absolute Gasteiger partial charge is 0.333 e. The van der Waals surface area contributed by atoms with Crippen molar-refractivity contribution in [2.45, 2.75) is 57.8 Å². The average Bonchev–Trinajstić information content (AvgIpc) is 3.78. The Hall–Kier alpha value is -4.75. The van der Waals surface area contributed by atoms with Crippen molar-refractivity contribution < 1.29 is 0 Å². The lowest BCUT2D eigenvalue weighted by molar-refractivity contribution is 0.496. The molecule has 1 aliphatic heterocycles. The highest BCUT2D eigenvalue weighted by Gasteiger charge is 2.33. The summed E-state index contributed by atoms with van der Waals surface area (Å²) in [4.78, 5) is 45.0. The van der Waals surface area contributed by atoms with Gasteiger partial charge in [-0.05, 0) is 38.7 Å². The van der Waals surface area contributed by atoms with E-state index in [1.165, 1.54) is 4.57 Å². The molecular weight excluding hydrogens is 528 g/mol. The van der Waals surface area contributed by atoms with Gasteiger partial charge in [0.1, 0.15) is 5.82 Å². The van der Waals surface area contributed by atoms with Crippen LogP contribution in [0.25, 0.3) is 33.3 Å². The third-order valence-electron chi connectivity index (χ3n) is 8.10. The first-order chi connectivity index (χ1) is 20.5. The van der Waals surface area contributed by atoms with Crippen LogP contribution in [-0.2, 0) is 13.1 Å². The summed E-state index contributed by atoms with van der Waals surface area (Å²) in [6, 6.07) is 17.7. The van der Waals surface area contributed by atoms with Crippen LogP contribution in [-0.4, -0.2) is 47.8 Å². The Bertz CT molecular complexity index is 1990. The van der Waals surface area contributed by atoms with Crippen molar-refractivity contribution in [3.8, 4) is 23.1 Å². The summed E-state index contributed by atoms with van der Waals surface area (Å²) in [5, 5.41) is 0.909. The maximum atomic E-state index is 14.3. The first-order valence-electron chi connectivity index (χ1n) is 14.5. The molecule has 0 unspecified atom stereocenters. The Morgan fingerprint density at radius 2 is 1.74 bits per heavy atom. The highest BCUT2D eigenvalue weighted by molar-refractivity contribution is 5.92. The minimum Gasteiger partial charge on any atom is -0.341 e. The Morgan fingerprint density at radius 1 is 0.952 bits per heavy atom. The fraction of sp³-hybridized carbons (Fsp3) is 0.344. The third-order valence-corrected chi connectivity index (χ3v) is 8.10. The molecule has 1 aliphatic carbocycles. The van der Waals surface area contributed by atoms with Gasteiger partial charge in [0, 0.05) is 36.1 Å². The lowest BCUT2D eigenvalue weighted by Crippen LogP contribution is -2.44. The van der Waals surface area contributed by atoms with Crippen molar-refractivity contribution in [3.63, 3.8) is 0 Å². The second-order valence-corrected chi connectivity index (χ2v) is 11.1. The second-order valence-electron chi connectivity index (χ2n) is 11.1. The molecule has 2 N–H and O–H groups in total. The van der Waals surface area contributed by atoms with Gasteiger partial charge in [0.05, 0.1) is 24.3 Å². The molecule has 212 valence electrons. The molecular formula is C32H32N8O2. The Morgan fingerprint density at radius 3 is 2.50 bits per heavy atom. The molecule has 2 aromatic carbocycles. The number of aromatic nitrogens is 6. The molecule has 10 nitrogen and oxygen atoms in total. The zero-order valence-electron chi connectivity index (χ0n) is 23.5. The molecule has 5 aromatic rings. The van der Waals surface area contributed by atoms with Crippen molar-refractivity contribution in [1.82, 2.24) is 28.7 Å². The van der Waals surface area contributed by atoms with Crippen LogP contribution in [0.1, 0.15) is 44.5 Å². The monoisotopic (exact) mass is 560 g/mol. The first kappa shape index (κ1) is 26.2. The number of rotatable bonds is 6. The van der Waals surface area contributed by atoms with E-state index in [1.807, 2.05) is 59.2 Å². The number of nitrogens with two attached hydrogens (primary N) is 1. The molecule has 2 fully saturated rings. The van der Waals surface area contributed by atoms with Gasteiger partial charge < -0.3 is 10.6 Å². The molecule has 0 amide bonds. The maximum absolute atomic E-state index is 14.3. The van der Waals surface area contributed by atoms with E-state index in [-0.39, 0.29) is 30.9 Å². The quantitative estimate of drug-likeness (QED) is 0.317. The summed E-state index contributed by atoms with van der Waals surface area (Å²) in [5.74, 6) is 7.09. The van der Waals surface area contributed by atoms with E-state index >= 15 is 0 Å². The lowest BCUT2D eigenvalue weighted by Gasteiger charge is -2.31. The first-order valence-corrected chi connectivity index (χ1v) is 14.5. The molecule has 0 spiro atoms. The van der Waals surface area contributed by atoms with E-state index in [4.69, 9.17) is 20.7 Å². The summed E-state index contributed by atoms with van der Waals surface area (Å²) in [5.41, 5.74) is 8.76. The predicted octanol–water partition coefficient (Wildman–Crippen LogP) is 3.30. The van der Waals surface area contributed by atoms with E-state index in [0.29, 0.717) is 29.5 Å². The lowest BCUT2D eigenvalue weighted by atomic mass is 10.1. The topological polar surface area (TPSA) is 117 Å². The number of para-hydroxylation sites is 1. The predicted molar refractivity (Wildman–Crippen MR) is 163 cm³/mol. The van der Waals surface area contributed by atoms with Gasteiger partial charge in [-0.2, -0.15) is 4.98 Å². The number of fused-ring (bicyclic) bond motifs is 2. The normalized spacial score (nSPS) is 17.0. The van der Waals surface area contributed by atoms with Gasteiger partial charge in [-0.25, -0.2) is 14.8 Å². The van der Waals surface area contributed by atoms with Gasteiger partial charge in [-0.3, -0.25) is 18.5 Å². The van der Waals surface area contributed by atoms with E-state index in [0.717, 1.165) is 54.4 Å². The van der Waals surface area contributed by atoms with Crippen molar-refractivity contribution in [1.29, 1.82) is 0 Å². The molecule has 7 rings (SSSR count).